The Kier molecular flexibility index (Phi) is 4.53. The Labute approximate surface area is 141 Å². The Morgan fingerprint density at radius 3 is 2.88 bits per heavy atom. The van der Waals surface area contributed by atoms with Gasteiger partial charge in [0.1, 0.15) is 5.82 Å². The van der Waals surface area contributed by atoms with Crippen molar-refractivity contribution < 1.29 is 4.79 Å². The molecule has 128 valence electrons. The van der Waals surface area contributed by atoms with Gasteiger partial charge < -0.3 is 20.5 Å². The minimum Gasteiger partial charge on any atom is -0.363 e. The highest BCUT2D eigenvalue weighted by molar-refractivity contribution is 5.89. The summed E-state index contributed by atoms with van der Waals surface area (Å²) in [5.74, 6) is 0.325. The molecule has 3 heterocycles. The lowest BCUT2D eigenvalue weighted by molar-refractivity contribution is 0.0990. The molecule has 2 aromatic heterocycles. The second kappa shape index (κ2) is 6.60. The van der Waals surface area contributed by atoms with E-state index in [1.54, 1.807) is 0 Å². The summed E-state index contributed by atoms with van der Waals surface area (Å²) in [4.78, 5) is 22.2. The van der Waals surface area contributed by atoms with E-state index >= 15 is 0 Å². The van der Waals surface area contributed by atoms with Crippen LogP contribution >= 0.6 is 0 Å². The monoisotopic (exact) mass is 328 g/mol. The maximum absolute atomic E-state index is 11.4. The van der Waals surface area contributed by atoms with E-state index in [9.17, 15) is 4.79 Å². The largest absolute Gasteiger partial charge is 0.363 e. The van der Waals surface area contributed by atoms with Gasteiger partial charge in [0.15, 0.2) is 0 Å². The van der Waals surface area contributed by atoms with Crippen LogP contribution in [-0.2, 0) is 13.6 Å². The van der Waals surface area contributed by atoms with E-state index in [0.29, 0.717) is 6.04 Å². The molecule has 0 bridgehead atoms. The summed E-state index contributed by atoms with van der Waals surface area (Å²) < 4.78 is 2.05. The van der Waals surface area contributed by atoms with Crippen molar-refractivity contribution in [2.75, 3.05) is 18.0 Å². The maximum atomic E-state index is 11.4. The van der Waals surface area contributed by atoms with Crippen LogP contribution in [0.15, 0.2) is 18.5 Å². The summed E-state index contributed by atoms with van der Waals surface area (Å²) in [5, 5.41) is 3.59. The van der Waals surface area contributed by atoms with E-state index in [0.717, 1.165) is 43.1 Å². The van der Waals surface area contributed by atoms with Gasteiger partial charge in [0.2, 0.25) is 5.82 Å². The van der Waals surface area contributed by atoms with Crippen LogP contribution in [0, 0.1) is 13.8 Å². The van der Waals surface area contributed by atoms with E-state index in [1.807, 2.05) is 20.9 Å². The Hall–Kier alpha value is -2.41. The van der Waals surface area contributed by atoms with Gasteiger partial charge >= 0.3 is 0 Å². The fraction of sp³-hybridized carbons (Fsp3) is 0.471. The summed E-state index contributed by atoms with van der Waals surface area (Å²) in [6.45, 7) is 6.49. The number of amides is 1. The predicted octanol–water partition coefficient (Wildman–Crippen LogP) is 0.899. The summed E-state index contributed by atoms with van der Waals surface area (Å²) >= 11 is 0. The molecular formula is C17H24N6O. The standard InChI is InChI=1S/C17H24N6O/c1-11-12(2)20-16(15(18)24)21-17(11)23-7-5-14(10-23)19-8-13-4-6-22(3)9-13/h4,6,9,14,19H,5,7-8,10H2,1-3H3,(H2,18,24)/t14-/m1/s1. The first-order valence-electron chi connectivity index (χ1n) is 8.18. The number of nitrogens with one attached hydrogen (secondary N) is 1. The van der Waals surface area contributed by atoms with Crippen molar-refractivity contribution in [3.8, 4) is 0 Å². The van der Waals surface area contributed by atoms with Gasteiger partial charge in [0.05, 0.1) is 0 Å². The van der Waals surface area contributed by atoms with Crippen molar-refractivity contribution in [3.05, 3.63) is 41.1 Å². The number of hydrogen-bond acceptors (Lipinski definition) is 5. The normalized spacial score (nSPS) is 17.5. The van der Waals surface area contributed by atoms with Crippen LogP contribution in [0.4, 0.5) is 5.82 Å². The fourth-order valence-electron chi connectivity index (χ4n) is 3.08. The van der Waals surface area contributed by atoms with Crippen LogP contribution < -0.4 is 16.0 Å². The minimum absolute atomic E-state index is 0.0915. The van der Waals surface area contributed by atoms with Crippen LogP contribution in [0.5, 0.6) is 0 Å². The molecule has 24 heavy (non-hydrogen) atoms. The molecular weight excluding hydrogens is 304 g/mol. The topological polar surface area (TPSA) is 89.1 Å². The Balaban J connectivity index is 1.68. The number of rotatable bonds is 5. The zero-order valence-corrected chi connectivity index (χ0v) is 14.4. The number of hydrogen-bond donors (Lipinski definition) is 2. The molecule has 1 saturated heterocycles. The van der Waals surface area contributed by atoms with E-state index in [1.165, 1.54) is 5.56 Å². The van der Waals surface area contributed by atoms with Crippen LogP contribution in [-0.4, -0.2) is 39.6 Å². The molecule has 0 spiro atoms. The zero-order valence-electron chi connectivity index (χ0n) is 14.4. The molecule has 3 N–H and O–H groups in total. The molecule has 7 nitrogen and oxygen atoms in total. The summed E-state index contributed by atoms with van der Waals surface area (Å²) in [6, 6.07) is 2.52. The lowest BCUT2D eigenvalue weighted by Gasteiger charge is -2.21. The second-order valence-corrected chi connectivity index (χ2v) is 6.44. The summed E-state index contributed by atoms with van der Waals surface area (Å²) in [5.41, 5.74) is 8.43. The van der Waals surface area contributed by atoms with E-state index in [2.05, 4.69) is 43.2 Å². The third-order valence-corrected chi connectivity index (χ3v) is 4.56. The first kappa shape index (κ1) is 16.4. The van der Waals surface area contributed by atoms with Gasteiger partial charge in [-0.05, 0) is 31.9 Å². The van der Waals surface area contributed by atoms with Crippen molar-refractivity contribution >= 4 is 11.7 Å². The first-order chi connectivity index (χ1) is 11.4. The number of anilines is 1. The molecule has 1 aliphatic heterocycles. The van der Waals surface area contributed by atoms with E-state index < -0.39 is 5.91 Å². The molecule has 7 heteroatoms. The lowest BCUT2D eigenvalue weighted by Crippen LogP contribution is -2.33. The molecule has 0 aliphatic carbocycles. The van der Waals surface area contributed by atoms with Crippen molar-refractivity contribution in [2.45, 2.75) is 32.9 Å². The second-order valence-electron chi connectivity index (χ2n) is 6.44. The molecule has 0 unspecified atom stereocenters. The maximum Gasteiger partial charge on any atom is 0.286 e. The molecule has 0 radical (unpaired) electrons. The molecule has 0 aromatic carbocycles. The number of nitrogens with two attached hydrogens (primary N) is 1. The molecule has 3 rings (SSSR count). The van der Waals surface area contributed by atoms with Crippen molar-refractivity contribution in [2.24, 2.45) is 12.8 Å². The minimum atomic E-state index is -0.586. The molecule has 0 saturated carbocycles. The van der Waals surface area contributed by atoms with Crippen molar-refractivity contribution in [3.63, 3.8) is 0 Å². The van der Waals surface area contributed by atoms with Gasteiger partial charge in [-0.25, -0.2) is 9.97 Å². The van der Waals surface area contributed by atoms with Crippen LogP contribution in [0.1, 0.15) is 33.9 Å². The van der Waals surface area contributed by atoms with Gasteiger partial charge in [-0.15, -0.1) is 0 Å². The van der Waals surface area contributed by atoms with Crippen LogP contribution in [0.25, 0.3) is 0 Å². The quantitative estimate of drug-likeness (QED) is 0.851. The van der Waals surface area contributed by atoms with Gasteiger partial charge in [-0.3, -0.25) is 4.79 Å². The third-order valence-electron chi connectivity index (χ3n) is 4.56. The first-order valence-corrected chi connectivity index (χ1v) is 8.18. The third kappa shape index (κ3) is 3.41. The molecule has 1 aliphatic rings. The van der Waals surface area contributed by atoms with Crippen molar-refractivity contribution in [1.82, 2.24) is 19.9 Å². The molecule has 1 fully saturated rings. The Morgan fingerprint density at radius 2 is 2.21 bits per heavy atom. The number of aryl methyl sites for hydroxylation is 2. The van der Waals surface area contributed by atoms with Crippen LogP contribution in [0.2, 0.25) is 0 Å². The van der Waals surface area contributed by atoms with Gasteiger partial charge in [-0.2, -0.15) is 0 Å². The summed E-state index contributed by atoms with van der Waals surface area (Å²) in [6.07, 6.45) is 5.22. The van der Waals surface area contributed by atoms with Crippen molar-refractivity contribution in [1.29, 1.82) is 0 Å². The Bertz CT molecular complexity index is 754. The highest BCUT2D eigenvalue weighted by atomic mass is 16.1. The van der Waals surface area contributed by atoms with Gasteiger partial charge in [0.25, 0.3) is 5.91 Å². The molecule has 1 atom stereocenters. The van der Waals surface area contributed by atoms with Gasteiger partial charge in [0, 0.05) is 56.4 Å². The van der Waals surface area contributed by atoms with E-state index in [4.69, 9.17) is 5.73 Å². The highest BCUT2D eigenvalue weighted by Gasteiger charge is 2.26. The smallest absolute Gasteiger partial charge is 0.286 e. The number of carbonyl (C=O) groups is 1. The number of primary amides is 1. The fourth-order valence-corrected chi connectivity index (χ4v) is 3.08. The number of carbonyl (C=O) groups excluding carboxylic acids is 1. The number of nitrogens with zero attached hydrogens (tertiary/aromatic N) is 4. The lowest BCUT2D eigenvalue weighted by atomic mass is 10.2. The predicted molar refractivity (Wildman–Crippen MR) is 92.9 cm³/mol. The average molecular weight is 328 g/mol. The van der Waals surface area contributed by atoms with Crippen LogP contribution in [0.3, 0.4) is 0 Å². The molecule has 1 amide bonds. The summed E-state index contributed by atoms with van der Waals surface area (Å²) in [7, 11) is 2.03. The van der Waals surface area contributed by atoms with Gasteiger partial charge in [-0.1, -0.05) is 0 Å². The van der Waals surface area contributed by atoms with E-state index in [-0.39, 0.29) is 5.82 Å². The zero-order chi connectivity index (χ0) is 17.3. The SMILES string of the molecule is Cc1nc(C(N)=O)nc(N2CC[C@@H](NCc3ccn(C)c3)C2)c1C. The highest BCUT2D eigenvalue weighted by Crippen LogP contribution is 2.24. The average Bonchev–Trinajstić information content (AvgIpc) is 3.16. The number of aromatic nitrogens is 3. The molecule has 2 aromatic rings. The Morgan fingerprint density at radius 1 is 1.42 bits per heavy atom.